The van der Waals surface area contributed by atoms with Gasteiger partial charge in [0.15, 0.2) is 5.96 Å². The van der Waals surface area contributed by atoms with Crippen LogP contribution < -0.4 is 10.6 Å². The molecule has 0 saturated heterocycles. The van der Waals surface area contributed by atoms with E-state index in [2.05, 4.69) is 25.3 Å². The van der Waals surface area contributed by atoms with Gasteiger partial charge in [-0.1, -0.05) is 0 Å². The smallest absolute Gasteiger partial charge is 0.350 e. The largest absolute Gasteiger partial charge is 0.469 e. The second-order valence-electron chi connectivity index (χ2n) is 5.85. The number of rotatable bonds is 10. The van der Waals surface area contributed by atoms with Crippen molar-refractivity contribution < 1.29 is 19.1 Å². The van der Waals surface area contributed by atoms with Gasteiger partial charge in [-0.3, -0.25) is 9.79 Å². The van der Waals surface area contributed by atoms with Gasteiger partial charge >= 0.3 is 11.9 Å². The summed E-state index contributed by atoms with van der Waals surface area (Å²) in [6, 6.07) is -0.107. The number of aliphatic imine (C=N–C) groups is 1. The molecule has 0 amide bonds. The maximum Gasteiger partial charge on any atom is 0.350 e. The summed E-state index contributed by atoms with van der Waals surface area (Å²) < 4.78 is 9.69. The third kappa shape index (κ3) is 7.94. The van der Waals surface area contributed by atoms with E-state index in [4.69, 9.17) is 4.74 Å². The molecule has 27 heavy (non-hydrogen) atoms. The zero-order valence-corrected chi connectivity index (χ0v) is 17.6. The fourth-order valence-electron chi connectivity index (χ4n) is 2.25. The molecule has 0 aliphatic heterocycles. The highest BCUT2D eigenvalue weighted by Crippen LogP contribution is 2.24. The number of aryl methyl sites for hydroxylation is 1. The van der Waals surface area contributed by atoms with Gasteiger partial charge in [-0.2, -0.15) is 0 Å². The van der Waals surface area contributed by atoms with E-state index in [9.17, 15) is 9.59 Å². The Morgan fingerprint density at radius 2 is 2.04 bits per heavy atom. The summed E-state index contributed by atoms with van der Waals surface area (Å²) in [5.41, 5.74) is 0.673. The van der Waals surface area contributed by atoms with Crippen molar-refractivity contribution >= 4 is 29.2 Å². The predicted molar refractivity (Wildman–Crippen MR) is 106 cm³/mol. The number of hydrogen-bond donors (Lipinski definition) is 2. The van der Waals surface area contributed by atoms with Gasteiger partial charge in [0, 0.05) is 19.5 Å². The molecule has 0 radical (unpaired) electrons. The van der Waals surface area contributed by atoms with Crippen molar-refractivity contribution in [2.45, 2.75) is 53.0 Å². The Balaban J connectivity index is 2.65. The number of hydrogen-bond acceptors (Lipinski definition) is 7. The molecule has 1 rings (SSSR count). The number of carbonyl (C=O) groups is 2. The lowest BCUT2D eigenvalue weighted by Gasteiger charge is -2.16. The number of carbonyl (C=O) groups excluding carboxylic acids is 2. The minimum Gasteiger partial charge on any atom is -0.469 e. The van der Waals surface area contributed by atoms with Crippen molar-refractivity contribution in [3.63, 3.8) is 0 Å². The molecular weight excluding hydrogens is 368 g/mol. The molecule has 152 valence electrons. The van der Waals surface area contributed by atoms with Crippen LogP contribution in [0, 0.1) is 6.92 Å². The maximum absolute atomic E-state index is 12.0. The van der Waals surface area contributed by atoms with E-state index in [0.29, 0.717) is 36.1 Å². The Hall–Kier alpha value is -2.16. The quantitative estimate of drug-likeness (QED) is 0.270. The molecule has 0 saturated carbocycles. The monoisotopic (exact) mass is 398 g/mol. The first-order valence-corrected chi connectivity index (χ1v) is 10.0. The summed E-state index contributed by atoms with van der Waals surface area (Å²) in [4.78, 5) is 32.6. The lowest BCUT2D eigenvalue weighted by atomic mass is 10.2. The number of thiazole rings is 1. The van der Waals surface area contributed by atoms with Gasteiger partial charge in [-0.05, 0) is 40.5 Å². The number of nitrogens with one attached hydrogen (secondary N) is 2. The van der Waals surface area contributed by atoms with Crippen LogP contribution >= 0.6 is 11.3 Å². The summed E-state index contributed by atoms with van der Waals surface area (Å²) in [6.45, 7) is 9.22. The summed E-state index contributed by atoms with van der Waals surface area (Å²) in [5.74, 6) is 0.139. The minimum absolute atomic E-state index is 0.107. The molecule has 0 bridgehead atoms. The SMILES string of the molecule is CCNC(=NCCCCC(=O)OC)NC(C)c1nc(C)c(C(=O)OCC)s1. The van der Waals surface area contributed by atoms with E-state index >= 15 is 0 Å². The van der Waals surface area contributed by atoms with Gasteiger partial charge in [0.25, 0.3) is 0 Å². The van der Waals surface area contributed by atoms with Crippen molar-refractivity contribution in [2.75, 3.05) is 26.8 Å². The molecule has 0 spiro atoms. The fourth-order valence-corrected chi connectivity index (χ4v) is 3.21. The topological polar surface area (TPSA) is 102 Å². The van der Waals surface area contributed by atoms with Gasteiger partial charge < -0.3 is 20.1 Å². The summed E-state index contributed by atoms with van der Waals surface area (Å²) in [5, 5.41) is 7.29. The van der Waals surface area contributed by atoms with Crippen LogP contribution in [-0.4, -0.2) is 49.7 Å². The van der Waals surface area contributed by atoms with E-state index in [1.165, 1.54) is 18.4 Å². The van der Waals surface area contributed by atoms with Crippen molar-refractivity contribution in [2.24, 2.45) is 4.99 Å². The van der Waals surface area contributed by atoms with Crippen molar-refractivity contribution in [1.82, 2.24) is 15.6 Å². The Bertz CT molecular complexity index is 645. The molecule has 0 fully saturated rings. The minimum atomic E-state index is -0.336. The molecule has 1 atom stereocenters. The molecule has 1 aromatic rings. The normalized spacial score (nSPS) is 12.4. The third-order valence-electron chi connectivity index (χ3n) is 3.63. The van der Waals surface area contributed by atoms with Crippen LogP contribution in [0.5, 0.6) is 0 Å². The Kier molecular flexibility index (Phi) is 10.4. The van der Waals surface area contributed by atoms with E-state index in [1.807, 2.05) is 13.8 Å². The molecule has 8 nitrogen and oxygen atoms in total. The van der Waals surface area contributed by atoms with E-state index in [0.717, 1.165) is 24.4 Å². The van der Waals surface area contributed by atoms with Gasteiger partial charge in [0.1, 0.15) is 9.88 Å². The van der Waals surface area contributed by atoms with Crippen LogP contribution in [0.3, 0.4) is 0 Å². The zero-order valence-electron chi connectivity index (χ0n) is 16.8. The zero-order chi connectivity index (χ0) is 20.2. The first kappa shape index (κ1) is 22.9. The lowest BCUT2D eigenvalue weighted by molar-refractivity contribution is -0.140. The van der Waals surface area contributed by atoms with Gasteiger partial charge in [-0.25, -0.2) is 9.78 Å². The number of unbranched alkanes of at least 4 members (excludes halogenated alkanes) is 1. The molecule has 0 aliphatic carbocycles. The number of esters is 2. The van der Waals surface area contributed by atoms with Crippen LogP contribution in [0.2, 0.25) is 0 Å². The van der Waals surface area contributed by atoms with Crippen LogP contribution in [-0.2, 0) is 14.3 Å². The van der Waals surface area contributed by atoms with Crippen LogP contribution in [0.15, 0.2) is 4.99 Å². The summed E-state index contributed by atoms with van der Waals surface area (Å²) >= 11 is 1.33. The van der Waals surface area contributed by atoms with Crippen molar-refractivity contribution in [3.8, 4) is 0 Å². The molecule has 1 heterocycles. The molecule has 1 aromatic heterocycles. The highest BCUT2D eigenvalue weighted by molar-refractivity contribution is 7.13. The highest BCUT2D eigenvalue weighted by Gasteiger charge is 2.20. The lowest BCUT2D eigenvalue weighted by Crippen LogP contribution is -2.38. The number of aromatic nitrogens is 1. The van der Waals surface area contributed by atoms with Crippen molar-refractivity contribution in [1.29, 1.82) is 0 Å². The Morgan fingerprint density at radius 1 is 1.30 bits per heavy atom. The molecule has 9 heteroatoms. The average Bonchev–Trinajstić information content (AvgIpc) is 3.03. The second kappa shape index (κ2) is 12.3. The fraction of sp³-hybridized carbons (Fsp3) is 0.667. The number of guanidine groups is 1. The maximum atomic E-state index is 12.0. The highest BCUT2D eigenvalue weighted by atomic mass is 32.1. The second-order valence-corrected chi connectivity index (χ2v) is 6.88. The number of nitrogens with zero attached hydrogens (tertiary/aromatic N) is 2. The number of methoxy groups -OCH3 is 1. The first-order chi connectivity index (χ1) is 12.9. The molecule has 2 N–H and O–H groups in total. The molecular formula is C18H30N4O4S. The Labute approximate surface area is 164 Å². The van der Waals surface area contributed by atoms with Gasteiger partial charge in [0.2, 0.25) is 0 Å². The van der Waals surface area contributed by atoms with Gasteiger partial charge in [0.05, 0.1) is 25.5 Å². The molecule has 1 unspecified atom stereocenters. The molecule has 0 aromatic carbocycles. The van der Waals surface area contributed by atoms with Gasteiger partial charge in [-0.15, -0.1) is 11.3 Å². The standard InChI is InChI=1S/C18H30N4O4S/c1-6-19-18(20-11-9-8-10-14(23)25-5)22-13(4)16-21-12(3)15(27-16)17(24)26-7-2/h13H,6-11H2,1-5H3,(H2,19,20,22). The van der Waals surface area contributed by atoms with E-state index < -0.39 is 0 Å². The predicted octanol–water partition coefficient (Wildman–Crippen LogP) is 2.59. The van der Waals surface area contributed by atoms with Crippen LogP contribution in [0.25, 0.3) is 0 Å². The first-order valence-electron chi connectivity index (χ1n) is 9.18. The Morgan fingerprint density at radius 3 is 2.67 bits per heavy atom. The molecule has 0 aliphatic rings. The average molecular weight is 399 g/mol. The summed E-state index contributed by atoms with van der Waals surface area (Å²) in [6.07, 6.45) is 1.94. The van der Waals surface area contributed by atoms with E-state index in [-0.39, 0.29) is 18.0 Å². The summed E-state index contributed by atoms with van der Waals surface area (Å²) in [7, 11) is 1.39. The van der Waals surface area contributed by atoms with Crippen molar-refractivity contribution in [3.05, 3.63) is 15.6 Å². The van der Waals surface area contributed by atoms with E-state index in [1.54, 1.807) is 13.8 Å². The number of ether oxygens (including phenoxy) is 2. The van der Waals surface area contributed by atoms with Crippen LogP contribution in [0.1, 0.15) is 66.4 Å². The van der Waals surface area contributed by atoms with Crippen LogP contribution in [0.4, 0.5) is 0 Å². The third-order valence-corrected chi connectivity index (χ3v) is 4.95.